The Morgan fingerprint density at radius 3 is 2.63 bits per heavy atom. The number of carbonyl (C=O) groups excluding carboxylic acids is 3. The van der Waals surface area contributed by atoms with Gasteiger partial charge in [-0.2, -0.15) is 0 Å². The molecule has 0 saturated carbocycles. The van der Waals surface area contributed by atoms with Crippen LogP contribution < -0.4 is 16.2 Å². The van der Waals surface area contributed by atoms with Gasteiger partial charge in [0.05, 0.1) is 17.3 Å². The van der Waals surface area contributed by atoms with Crippen molar-refractivity contribution in [3.8, 4) is 11.5 Å². The molecule has 8 nitrogen and oxygen atoms in total. The van der Waals surface area contributed by atoms with Crippen LogP contribution >= 0.6 is 0 Å². The van der Waals surface area contributed by atoms with E-state index < -0.39 is 11.8 Å². The molecule has 0 aliphatic heterocycles. The number of hydrogen-bond donors (Lipinski definition) is 3. The number of nitrogens with one attached hydrogen (secondary N) is 3. The number of hydrogen-bond acceptors (Lipinski definition) is 5. The van der Waals surface area contributed by atoms with Gasteiger partial charge in [-0.05, 0) is 24.3 Å². The first-order valence-corrected chi connectivity index (χ1v) is 8.32. The Hall–Kier alpha value is -3.68. The molecule has 1 aromatic carbocycles. The number of para-hydroxylation sites is 1. The minimum atomic E-state index is -0.478. The zero-order valence-corrected chi connectivity index (χ0v) is 14.6. The lowest BCUT2D eigenvalue weighted by atomic mass is 10.1. The van der Waals surface area contributed by atoms with Crippen LogP contribution in [-0.2, 0) is 9.59 Å². The molecule has 0 aliphatic rings. The zero-order valence-electron chi connectivity index (χ0n) is 14.6. The van der Waals surface area contributed by atoms with Crippen molar-refractivity contribution < 1.29 is 18.8 Å². The van der Waals surface area contributed by atoms with E-state index >= 15 is 0 Å². The maximum Gasteiger partial charge on any atom is 0.270 e. The quantitative estimate of drug-likeness (QED) is 0.596. The minimum Gasteiger partial charge on any atom is -0.463 e. The number of amides is 3. The number of fused-ring (bicyclic) bond motifs is 1. The Bertz CT molecular complexity index is 983. The van der Waals surface area contributed by atoms with E-state index in [1.165, 1.54) is 13.2 Å². The maximum atomic E-state index is 12.6. The Balaban J connectivity index is 1.77. The maximum absolute atomic E-state index is 12.6. The van der Waals surface area contributed by atoms with Crippen LogP contribution in [0.5, 0.6) is 0 Å². The van der Waals surface area contributed by atoms with Crippen LogP contribution in [0.1, 0.15) is 23.7 Å². The highest BCUT2D eigenvalue weighted by Crippen LogP contribution is 2.25. The van der Waals surface area contributed by atoms with Gasteiger partial charge in [0.1, 0.15) is 5.69 Å². The number of rotatable bonds is 5. The molecule has 0 saturated heterocycles. The van der Waals surface area contributed by atoms with Crippen LogP contribution in [0.3, 0.4) is 0 Å². The predicted octanol–water partition coefficient (Wildman–Crippen LogP) is 1.78. The van der Waals surface area contributed by atoms with E-state index in [4.69, 9.17) is 4.42 Å². The van der Waals surface area contributed by atoms with Crippen LogP contribution in [0, 0.1) is 0 Å². The summed E-state index contributed by atoms with van der Waals surface area (Å²) in [6, 6.07) is 12.3. The summed E-state index contributed by atoms with van der Waals surface area (Å²) in [6.45, 7) is 1.56. The second kappa shape index (κ2) is 8.13. The van der Waals surface area contributed by atoms with Crippen molar-refractivity contribution in [2.75, 3.05) is 6.54 Å². The van der Waals surface area contributed by atoms with E-state index in [-0.39, 0.29) is 18.9 Å². The van der Waals surface area contributed by atoms with E-state index in [0.29, 0.717) is 27.9 Å². The number of furan rings is 1. The Kier molecular flexibility index (Phi) is 5.46. The summed E-state index contributed by atoms with van der Waals surface area (Å²) >= 11 is 0. The molecule has 0 fully saturated rings. The highest BCUT2D eigenvalue weighted by molar-refractivity contribution is 6.07. The van der Waals surface area contributed by atoms with E-state index in [2.05, 4.69) is 21.2 Å². The highest BCUT2D eigenvalue weighted by atomic mass is 16.3. The molecular formula is C19H18N4O4. The molecular weight excluding hydrogens is 348 g/mol. The third-order valence-electron chi connectivity index (χ3n) is 3.78. The summed E-state index contributed by atoms with van der Waals surface area (Å²) in [4.78, 5) is 39.7. The zero-order chi connectivity index (χ0) is 19.2. The summed E-state index contributed by atoms with van der Waals surface area (Å²) in [5.74, 6) is -0.578. The predicted molar refractivity (Wildman–Crippen MR) is 98.4 cm³/mol. The Morgan fingerprint density at radius 1 is 1.07 bits per heavy atom. The van der Waals surface area contributed by atoms with Gasteiger partial charge in [-0.25, -0.2) is 4.98 Å². The highest BCUT2D eigenvalue weighted by Gasteiger charge is 2.15. The van der Waals surface area contributed by atoms with Crippen molar-refractivity contribution >= 4 is 28.6 Å². The molecule has 0 spiro atoms. The normalized spacial score (nSPS) is 10.4. The van der Waals surface area contributed by atoms with E-state index in [0.717, 1.165) is 0 Å². The van der Waals surface area contributed by atoms with Gasteiger partial charge in [0.2, 0.25) is 11.8 Å². The fourth-order valence-electron chi connectivity index (χ4n) is 2.52. The molecule has 3 N–H and O–H groups in total. The molecule has 3 rings (SSSR count). The van der Waals surface area contributed by atoms with Gasteiger partial charge in [-0.15, -0.1) is 0 Å². The first-order chi connectivity index (χ1) is 13.0. The van der Waals surface area contributed by atoms with Crippen LogP contribution in [0.25, 0.3) is 22.4 Å². The molecule has 0 atom stereocenters. The number of aromatic nitrogens is 1. The lowest BCUT2D eigenvalue weighted by molar-refractivity contribution is -0.122. The van der Waals surface area contributed by atoms with Crippen molar-refractivity contribution in [1.29, 1.82) is 0 Å². The summed E-state index contributed by atoms with van der Waals surface area (Å²) in [7, 11) is 0. The monoisotopic (exact) mass is 366 g/mol. The average Bonchev–Trinajstić information content (AvgIpc) is 3.19. The third kappa shape index (κ3) is 4.49. The fraction of sp³-hybridized carbons (Fsp3) is 0.158. The van der Waals surface area contributed by atoms with Gasteiger partial charge in [0.15, 0.2) is 5.76 Å². The second-order valence-electron chi connectivity index (χ2n) is 5.78. The van der Waals surface area contributed by atoms with Gasteiger partial charge in [-0.3, -0.25) is 25.2 Å². The van der Waals surface area contributed by atoms with Crippen molar-refractivity contribution in [1.82, 2.24) is 21.2 Å². The molecule has 0 radical (unpaired) electrons. The SMILES string of the molecule is CC(=O)NCCC(=O)NNC(=O)c1cc(-c2ccco2)nc2ccccc12. The number of benzene rings is 1. The van der Waals surface area contributed by atoms with Gasteiger partial charge in [-0.1, -0.05) is 18.2 Å². The summed E-state index contributed by atoms with van der Waals surface area (Å²) in [5.41, 5.74) is 6.24. The second-order valence-corrected chi connectivity index (χ2v) is 5.78. The third-order valence-corrected chi connectivity index (χ3v) is 3.78. The van der Waals surface area contributed by atoms with Gasteiger partial charge < -0.3 is 9.73 Å². The minimum absolute atomic E-state index is 0.0502. The number of pyridine rings is 1. The first-order valence-electron chi connectivity index (χ1n) is 8.32. The summed E-state index contributed by atoms with van der Waals surface area (Å²) in [5, 5.41) is 3.16. The molecule has 0 aliphatic carbocycles. The Morgan fingerprint density at radius 2 is 1.89 bits per heavy atom. The van der Waals surface area contributed by atoms with Gasteiger partial charge in [0.25, 0.3) is 5.91 Å². The van der Waals surface area contributed by atoms with Crippen LogP contribution in [0.4, 0.5) is 0 Å². The van der Waals surface area contributed by atoms with Crippen LogP contribution in [0.2, 0.25) is 0 Å². The largest absolute Gasteiger partial charge is 0.463 e. The topological polar surface area (TPSA) is 113 Å². The van der Waals surface area contributed by atoms with Crippen molar-refractivity contribution in [2.24, 2.45) is 0 Å². The van der Waals surface area contributed by atoms with Crippen molar-refractivity contribution in [2.45, 2.75) is 13.3 Å². The number of hydrazine groups is 1. The molecule has 0 unspecified atom stereocenters. The van der Waals surface area contributed by atoms with Crippen molar-refractivity contribution in [3.63, 3.8) is 0 Å². The number of carbonyl (C=O) groups is 3. The number of nitrogens with zero attached hydrogens (tertiary/aromatic N) is 1. The molecule has 3 amide bonds. The molecule has 2 aromatic heterocycles. The van der Waals surface area contributed by atoms with Crippen LogP contribution in [0.15, 0.2) is 53.1 Å². The van der Waals surface area contributed by atoms with Gasteiger partial charge in [0, 0.05) is 25.3 Å². The van der Waals surface area contributed by atoms with E-state index in [1.54, 1.807) is 36.4 Å². The molecule has 27 heavy (non-hydrogen) atoms. The molecule has 3 aromatic rings. The molecule has 2 heterocycles. The average molecular weight is 366 g/mol. The lowest BCUT2D eigenvalue weighted by Gasteiger charge is -2.11. The Labute approximate surface area is 154 Å². The lowest BCUT2D eigenvalue weighted by Crippen LogP contribution is -2.42. The standard InChI is InChI=1S/C19H18N4O4/c1-12(24)20-9-8-18(25)22-23-19(26)14-11-16(17-7-4-10-27-17)21-15-6-3-2-5-13(14)15/h2-7,10-11H,8-9H2,1H3,(H,20,24)(H,22,25)(H,23,26). The van der Waals surface area contributed by atoms with Crippen molar-refractivity contribution in [3.05, 3.63) is 54.3 Å². The van der Waals surface area contributed by atoms with Crippen LogP contribution in [-0.4, -0.2) is 29.3 Å². The summed E-state index contributed by atoms with van der Waals surface area (Å²) < 4.78 is 5.37. The molecule has 138 valence electrons. The first kappa shape index (κ1) is 18.1. The van der Waals surface area contributed by atoms with E-state index in [9.17, 15) is 14.4 Å². The van der Waals surface area contributed by atoms with E-state index in [1.807, 2.05) is 6.07 Å². The van der Waals surface area contributed by atoms with Gasteiger partial charge >= 0.3 is 0 Å². The molecule has 0 bridgehead atoms. The molecule has 8 heteroatoms. The summed E-state index contributed by atoms with van der Waals surface area (Å²) in [6.07, 6.45) is 1.58. The smallest absolute Gasteiger partial charge is 0.270 e. The fourth-order valence-corrected chi connectivity index (χ4v) is 2.52.